The molecule has 0 atom stereocenters. The number of nitrogens with zero attached hydrogens (tertiary/aromatic N) is 3. The number of thioether (sulfide) groups is 1. The second kappa shape index (κ2) is 10.6. The summed E-state index contributed by atoms with van der Waals surface area (Å²) in [5, 5.41) is 1.28. The first-order chi connectivity index (χ1) is 17.3. The molecule has 0 aliphatic carbocycles. The Balaban J connectivity index is 1.43. The van der Waals surface area contributed by atoms with Gasteiger partial charge in [0.15, 0.2) is 0 Å². The third-order valence-electron chi connectivity index (χ3n) is 6.03. The average molecular weight is 609 g/mol. The van der Waals surface area contributed by atoms with E-state index in [-0.39, 0.29) is 30.1 Å². The Hall–Kier alpha value is -2.30. The first-order valence-corrected chi connectivity index (χ1v) is 13.5. The summed E-state index contributed by atoms with van der Waals surface area (Å²) in [4.78, 5) is 42.0. The van der Waals surface area contributed by atoms with Gasteiger partial charge in [0.05, 0.1) is 34.7 Å². The van der Waals surface area contributed by atoms with E-state index in [1.807, 2.05) is 29.0 Å². The van der Waals surface area contributed by atoms with Crippen LogP contribution in [0, 0.1) is 0 Å². The molecule has 2 aromatic carbocycles. The Morgan fingerprint density at radius 1 is 1.08 bits per heavy atom. The molecule has 2 aliphatic heterocycles. The highest BCUT2D eigenvalue weighted by molar-refractivity contribution is 9.10. The predicted octanol–water partition coefficient (Wildman–Crippen LogP) is 5.81. The van der Waals surface area contributed by atoms with Crippen molar-refractivity contribution in [2.45, 2.75) is 13.1 Å². The van der Waals surface area contributed by atoms with E-state index in [1.165, 1.54) is 4.90 Å². The van der Waals surface area contributed by atoms with Crippen molar-refractivity contribution in [3.05, 3.63) is 73.1 Å². The number of rotatable bonds is 5. The monoisotopic (exact) mass is 607 g/mol. The smallest absolute Gasteiger partial charge is 0.293 e. The van der Waals surface area contributed by atoms with Crippen LogP contribution in [0.25, 0.3) is 17.0 Å². The minimum atomic E-state index is -0.378. The molecule has 0 saturated carbocycles. The number of amides is 3. The SMILES string of the molecule is O=C(Cn1cc(/C=C2\SC(=O)N(Cc3ccc(Cl)c(Cl)c3)C2=O)c2cc(Br)ccc21)N1CCOCC1. The van der Waals surface area contributed by atoms with Crippen molar-refractivity contribution < 1.29 is 19.1 Å². The Bertz CT molecular complexity index is 1420. The molecule has 36 heavy (non-hydrogen) atoms. The van der Waals surface area contributed by atoms with Gasteiger partial charge in [-0.05, 0) is 53.7 Å². The molecule has 5 rings (SSSR count). The number of halogens is 3. The van der Waals surface area contributed by atoms with E-state index < -0.39 is 0 Å². The Morgan fingerprint density at radius 2 is 1.86 bits per heavy atom. The van der Waals surface area contributed by atoms with Gasteiger partial charge >= 0.3 is 0 Å². The molecule has 2 aliphatic rings. The number of aromatic nitrogens is 1. The van der Waals surface area contributed by atoms with Crippen molar-refractivity contribution in [2.75, 3.05) is 26.3 Å². The number of morpholine rings is 1. The number of hydrogen-bond acceptors (Lipinski definition) is 5. The summed E-state index contributed by atoms with van der Waals surface area (Å²) >= 11 is 16.5. The summed E-state index contributed by atoms with van der Waals surface area (Å²) in [5.74, 6) is -0.372. The number of carbonyl (C=O) groups is 3. The van der Waals surface area contributed by atoms with Crippen LogP contribution in [0.1, 0.15) is 11.1 Å². The van der Waals surface area contributed by atoms with Gasteiger partial charge in [-0.25, -0.2) is 0 Å². The molecule has 7 nitrogen and oxygen atoms in total. The van der Waals surface area contributed by atoms with Crippen molar-refractivity contribution in [2.24, 2.45) is 0 Å². The van der Waals surface area contributed by atoms with Gasteiger partial charge in [-0.3, -0.25) is 19.3 Å². The molecule has 2 fully saturated rings. The van der Waals surface area contributed by atoms with Crippen molar-refractivity contribution in [1.29, 1.82) is 0 Å². The maximum atomic E-state index is 13.1. The minimum Gasteiger partial charge on any atom is -0.378 e. The molecule has 0 bridgehead atoms. The fourth-order valence-electron chi connectivity index (χ4n) is 4.20. The molecule has 3 amide bonds. The van der Waals surface area contributed by atoms with Gasteiger partial charge in [0.25, 0.3) is 11.1 Å². The van der Waals surface area contributed by atoms with Crippen molar-refractivity contribution in [3.63, 3.8) is 0 Å². The molecule has 0 radical (unpaired) electrons. The quantitative estimate of drug-likeness (QED) is 0.342. The Labute approximate surface area is 230 Å². The van der Waals surface area contributed by atoms with Crippen LogP contribution in [0.3, 0.4) is 0 Å². The van der Waals surface area contributed by atoms with Gasteiger partial charge in [-0.2, -0.15) is 0 Å². The van der Waals surface area contributed by atoms with Crippen LogP contribution < -0.4 is 0 Å². The molecule has 1 aromatic heterocycles. The van der Waals surface area contributed by atoms with E-state index in [2.05, 4.69) is 15.9 Å². The van der Waals surface area contributed by atoms with Crippen molar-refractivity contribution in [1.82, 2.24) is 14.4 Å². The van der Waals surface area contributed by atoms with Crippen LogP contribution in [-0.4, -0.2) is 57.7 Å². The summed E-state index contributed by atoms with van der Waals surface area (Å²) in [7, 11) is 0. The second-order valence-electron chi connectivity index (χ2n) is 8.38. The second-order valence-corrected chi connectivity index (χ2v) is 11.1. The van der Waals surface area contributed by atoms with Crippen LogP contribution in [0.15, 0.2) is 52.0 Å². The fraction of sp³-hybridized carbons (Fsp3) is 0.240. The van der Waals surface area contributed by atoms with E-state index in [9.17, 15) is 14.4 Å². The summed E-state index contributed by atoms with van der Waals surface area (Å²) in [5.41, 5.74) is 2.32. The number of carbonyl (C=O) groups excluding carboxylic acids is 3. The van der Waals surface area contributed by atoms with E-state index >= 15 is 0 Å². The highest BCUT2D eigenvalue weighted by Gasteiger charge is 2.35. The number of benzene rings is 2. The molecule has 3 heterocycles. The number of ether oxygens (including phenoxy) is 1. The molecule has 2 saturated heterocycles. The van der Waals surface area contributed by atoms with Crippen molar-refractivity contribution >= 4 is 84.9 Å². The topological polar surface area (TPSA) is 71.9 Å². The largest absolute Gasteiger partial charge is 0.378 e. The van der Waals surface area contributed by atoms with Crippen LogP contribution >= 0.6 is 50.9 Å². The summed E-state index contributed by atoms with van der Waals surface area (Å²) in [6.07, 6.45) is 3.56. The highest BCUT2D eigenvalue weighted by Crippen LogP contribution is 2.36. The highest BCUT2D eigenvalue weighted by atomic mass is 79.9. The zero-order valence-corrected chi connectivity index (χ0v) is 22.8. The number of imide groups is 1. The molecule has 3 aromatic rings. The normalized spacial score (nSPS) is 17.6. The summed E-state index contributed by atoms with van der Waals surface area (Å²) < 4.78 is 8.10. The number of fused-ring (bicyclic) bond motifs is 1. The molecule has 0 spiro atoms. The van der Waals surface area contributed by atoms with Gasteiger partial charge in [-0.15, -0.1) is 0 Å². The first-order valence-electron chi connectivity index (χ1n) is 11.1. The molecule has 11 heteroatoms. The lowest BCUT2D eigenvalue weighted by Gasteiger charge is -2.27. The average Bonchev–Trinajstić information content (AvgIpc) is 3.33. The van der Waals surface area contributed by atoms with Gasteiger partial charge < -0.3 is 14.2 Å². The van der Waals surface area contributed by atoms with Gasteiger partial charge in [-0.1, -0.05) is 45.2 Å². The van der Waals surface area contributed by atoms with E-state index in [1.54, 1.807) is 29.2 Å². The third-order valence-corrected chi connectivity index (χ3v) is 8.17. The predicted molar refractivity (Wildman–Crippen MR) is 145 cm³/mol. The van der Waals surface area contributed by atoms with Crippen LogP contribution in [0.4, 0.5) is 4.79 Å². The summed E-state index contributed by atoms with van der Waals surface area (Å²) in [6.45, 7) is 2.49. The third kappa shape index (κ3) is 5.21. The lowest BCUT2D eigenvalue weighted by atomic mass is 10.1. The van der Waals surface area contributed by atoms with Crippen molar-refractivity contribution in [3.8, 4) is 0 Å². The standard InChI is InChI=1S/C25H20BrCl2N3O4S/c26-17-2-4-21-18(11-17)16(13-30(21)14-23(32)29-5-7-35-8-6-29)10-22-24(33)31(25(34)36-22)12-15-1-3-19(27)20(28)9-15/h1-4,9-11,13H,5-8,12,14H2/b22-10-. The summed E-state index contributed by atoms with van der Waals surface area (Å²) in [6, 6.07) is 10.8. The van der Waals surface area contributed by atoms with Crippen LogP contribution in [-0.2, 0) is 27.4 Å². The molecule has 0 unspecified atom stereocenters. The van der Waals surface area contributed by atoms with Crippen LogP contribution in [0.5, 0.6) is 0 Å². The lowest BCUT2D eigenvalue weighted by molar-refractivity contribution is -0.135. The molecule has 0 N–H and O–H groups in total. The molecule has 186 valence electrons. The van der Waals surface area contributed by atoms with Gasteiger partial charge in [0, 0.05) is 40.2 Å². The maximum absolute atomic E-state index is 13.1. The van der Waals surface area contributed by atoms with Gasteiger partial charge in [0.2, 0.25) is 5.91 Å². The maximum Gasteiger partial charge on any atom is 0.293 e. The number of hydrogen-bond donors (Lipinski definition) is 0. The van der Waals surface area contributed by atoms with Crippen LogP contribution in [0.2, 0.25) is 10.0 Å². The fourth-order valence-corrected chi connectivity index (χ4v) is 5.71. The Morgan fingerprint density at radius 3 is 2.61 bits per heavy atom. The zero-order valence-electron chi connectivity index (χ0n) is 18.9. The minimum absolute atomic E-state index is 0.00613. The van der Waals surface area contributed by atoms with Gasteiger partial charge in [0.1, 0.15) is 6.54 Å². The van der Waals surface area contributed by atoms with E-state index in [0.717, 1.165) is 32.7 Å². The molecular weight excluding hydrogens is 589 g/mol. The molecular formula is C25H20BrCl2N3O4S. The van der Waals surface area contributed by atoms with E-state index in [4.69, 9.17) is 27.9 Å². The lowest BCUT2D eigenvalue weighted by Crippen LogP contribution is -2.42. The zero-order chi connectivity index (χ0) is 25.4. The Kier molecular flexibility index (Phi) is 7.46. The first kappa shape index (κ1) is 25.4. The van der Waals surface area contributed by atoms with E-state index in [0.29, 0.717) is 46.8 Å².